The number of fused-ring (bicyclic) bond motifs is 1. The molecule has 4 heteroatoms. The molecule has 2 aromatic rings. The molecule has 0 atom stereocenters. The molecule has 0 N–H and O–H groups in total. The Morgan fingerprint density at radius 1 is 1.41 bits per heavy atom. The Bertz CT molecular complexity index is 628. The molecule has 1 aliphatic rings. The number of nitrogens with zero attached hydrogens (tertiary/aromatic N) is 2. The van der Waals surface area contributed by atoms with Crippen molar-refractivity contribution in [3.05, 3.63) is 35.3 Å². The number of aliphatic imine (C=N–C) groups is 1. The molecule has 0 saturated heterocycles. The van der Waals surface area contributed by atoms with Crippen LogP contribution in [0.3, 0.4) is 0 Å². The van der Waals surface area contributed by atoms with E-state index in [1.54, 1.807) is 12.1 Å². The van der Waals surface area contributed by atoms with Gasteiger partial charge in [-0.05, 0) is 30.7 Å². The van der Waals surface area contributed by atoms with Crippen molar-refractivity contribution in [3.63, 3.8) is 0 Å². The van der Waals surface area contributed by atoms with Gasteiger partial charge in [0.05, 0.1) is 12.1 Å². The molecule has 0 radical (unpaired) electrons. The third-order valence-corrected chi connectivity index (χ3v) is 3.20. The van der Waals surface area contributed by atoms with Gasteiger partial charge in [0, 0.05) is 12.4 Å². The summed E-state index contributed by atoms with van der Waals surface area (Å²) in [6, 6.07) is 4.83. The van der Waals surface area contributed by atoms with Gasteiger partial charge >= 0.3 is 0 Å². The number of hydrogen-bond acceptors (Lipinski definition) is 2. The van der Waals surface area contributed by atoms with Crippen LogP contribution in [0, 0.1) is 12.7 Å². The summed E-state index contributed by atoms with van der Waals surface area (Å²) in [6.07, 6.45) is 0. The number of ether oxygens (including phenoxy) is 1. The van der Waals surface area contributed by atoms with E-state index in [1.807, 2.05) is 18.5 Å². The highest BCUT2D eigenvalue weighted by Gasteiger charge is 2.20. The van der Waals surface area contributed by atoms with E-state index in [0.29, 0.717) is 19.0 Å². The summed E-state index contributed by atoms with van der Waals surface area (Å²) in [5.41, 5.74) is 2.90. The number of hydrogen-bond donors (Lipinski definition) is 0. The van der Waals surface area contributed by atoms with E-state index in [9.17, 15) is 4.39 Å². The van der Waals surface area contributed by atoms with E-state index in [2.05, 4.69) is 4.99 Å². The van der Waals surface area contributed by atoms with E-state index in [4.69, 9.17) is 4.74 Å². The van der Waals surface area contributed by atoms with Gasteiger partial charge in [0.1, 0.15) is 18.1 Å². The molecular weight excluding hydrogens is 219 g/mol. The largest absolute Gasteiger partial charge is 0.474 e. The highest BCUT2D eigenvalue weighted by Crippen LogP contribution is 2.26. The van der Waals surface area contributed by atoms with Crippen molar-refractivity contribution < 1.29 is 9.13 Å². The Labute approximate surface area is 98.5 Å². The van der Waals surface area contributed by atoms with Crippen molar-refractivity contribution in [2.24, 2.45) is 12.0 Å². The smallest absolute Gasteiger partial charge is 0.233 e. The van der Waals surface area contributed by atoms with Crippen LogP contribution in [-0.2, 0) is 11.8 Å². The Morgan fingerprint density at radius 3 is 2.94 bits per heavy atom. The zero-order valence-electron chi connectivity index (χ0n) is 9.83. The molecule has 0 saturated carbocycles. The van der Waals surface area contributed by atoms with Crippen LogP contribution in [0.5, 0.6) is 0 Å². The van der Waals surface area contributed by atoms with Gasteiger partial charge in [-0.25, -0.2) is 9.38 Å². The second kappa shape index (κ2) is 3.58. The van der Waals surface area contributed by atoms with E-state index in [0.717, 1.165) is 22.2 Å². The first-order valence-corrected chi connectivity index (χ1v) is 5.60. The van der Waals surface area contributed by atoms with Crippen molar-refractivity contribution in [1.29, 1.82) is 0 Å². The molecule has 1 aromatic carbocycles. The molecule has 0 spiro atoms. The van der Waals surface area contributed by atoms with Gasteiger partial charge in [0.2, 0.25) is 5.90 Å². The lowest BCUT2D eigenvalue weighted by atomic mass is 10.1. The molecule has 0 unspecified atom stereocenters. The molecule has 88 valence electrons. The van der Waals surface area contributed by atoms with Crippen LogP contribution in [0.4, 0.5) is 4.39 Å². The Hall–Kier alpha value is -1.84. The average Bonchev–Trinajstić information content (AvgIpc) is 2.88. The molecule has 0 aliphatic carbocycles. The number of rotatable bonds is 1. The number of aromatic nitrogens is 1. The van der Waals surface area contributed by atoms with Gasteiger partial charge in [0.25, 0.3) is 0 Å². The van der Waals surface area contributed by atoms with Crippen molar-refractivity contribution >= 4 is 16.8 Å². The van der Waals surface area contributed by atoms with Crippen molar-refractivity contribution in [2.75, 3.05) is 13.2 Å². The van der Waals surface area contributed by atoms with Crippen LogP contribution in [0.1, 0.15) is 11.3 Å². The summed E-state index contributed by atoms with van der Waals surface area (Å²) < 4.78 is 20.7. The van der Waals surface area contributed by atoms with Crippen LogP contribution in [0.2, 0.25) is 0 Å². The van der Waals surface area contributed by atoms with Gasteiger partial charge in [-0.2, -0.15) is 0 Å². The molecule has 0 amide bonds. The van der Waals surface area contributed by atoms with Crippen molar-refractivity contribution in [1.82, 2.24) is 4.57 Å². The minimum atomic E-state index is -0.223. The van der Waals surface area contributed by atoms with Crippen LogP contribution >= 0.6 is 0 Å². The molecule has 0 bridgehead atoms. The Kier molecular flexibility index (Phi) is 2.18. The minimum Gasteiger partial charge on any atom is -0.474 e. The topological polar surface area (TPSA) is 26.5 Å². The van der Waals surface area contributed by atoms with Crippen LogP contribution in [0.25, 0.3) is 10.9 Å². The summed E-state index contributed by atoms with van der Waals surface area (Å²) in [6.45, 7) is 3.34. The van der Waals surface area contributed by atoms with Gasteiger partial charge in [-0.3, -0.25) is 0 Å². The molecular formula is C13H13FN2O. The Balaban J connectivity index is 2.32. The predicted octanol–water partition coefficient (Wildman–Crippen LogP) is 2.40. The summed E-state index contributed by atoms with van der Waals surface area (Å²) in [5, 5.41) is 1.04. The molecule has 2 heterocycles. The fraction of sp³-hybridized carbons (Fsp3) is 0.308. The average molecular weight is 232 g/mol. The van der Waals surface area contributed by atoms with Crippen LogP contribution in [-0.4, -0.2) is 23.6 Å². The highest BCUT2D eigenvalue weighted by atomic mass is 19.1. The third kappa shape index (κ3) is 1.44. The van der Waals surface area contributed by atoms with Crippen LogP contribution in [0.15, 0.2) is 23.2 Å². The van der Waals surface area contributed by atoms with E-state index < -0.39 is 0 Å². The first kappa shape index (κ1) is 10.3. The predicted molar refractivity (Wildman–Crippen MR) is 65.0 cm³/mol. The maximum Gasteiger partial charge on any atom is 0.233 e. The lowest BCUT2D eigenvalue weighted by Gasteiger charge is -2.05. The first-order valence-electron chi connectivity index (χ1n) is 5.60. The first-order chi connectivity index (χ1) is 8.18. The summed E-state index contributed by atoms with van der Waals surface area (Å²) in [5.74, 6) is 0.445. The number of benzene rings is 1. The summed E-state index contributed by atoms with van der Waals surface area (Å²) in [4.78, 5) is 4.33. The third-order valence-electron chi connectivity index (χ3n) is 3.20. The highest BCUT2D eigenvalue weighted by molar-refractivity contribution is 6.02. The second-order valence-electron chi connectivity index (χ2n) is 4.23. The number of halogens is 1. The van der Waals surface area contributed by atoms with E-state index in [-0.39, 0.29) is 5.82 Å². The molecule has 17 heavy (non-hydrogen) atoms. The molecule has 3 rings (SSSR count). The van der Waals surface area contributed by atoms with Gasteiger partial charge < -0.3 is 9.30 Å². The van der Waals surface area contributed by atoms with Gasteiger partial charge in [-0.15, -0.1) is 0 Å². The standard InChI is InChI=1S/C13H13FN2O/c1-8-10-4-3-9(14)7-11(10)16(2)12(8)13-15-5-6-17-13/h3-4,7H,5-6H2,1-2H3. The lowest BCUT2D eigenvalue weighted by molar-refractivity contribution is 0.346. The summed E-state index contributed by atoms with van der Waals surface area (Å²) >= 11 is 0. The quantitative estimate of drug-likeness (QED) is 0.741. The Morgan fingerprint density at radius 2 is 2.24 bits per heavy atom. The molecule has 1 aromatic heterocycles. The minimum absolute atomic E-state index is 0.223. The molecule has 3 nitrogen and oxygen atoms in total. The monoisotopic (exact) mass is 232 g/mol. The van der Waals surface area contributed by atoms with Crippen molar-refractivity contribution in [3.8, 4) is 0 Å². The SMILES string of the molecule is Cc1c(C2=NCCO2)n(C)c2cc(F)ccc12. The van der Waals surface area contributed by atoms with Crippen LogP contribution < -0.4 is 0 Å². The second-order valence-corrected chi connectivity index (χ2v) is 4.23. The lowest BCUT2D eigenvalue weighted by Crippen LogP contribution is -2.08. The van der Waals surface area contributed by atoms with Gasteiger partial charge in [-0.1, -0.05) is 0 Å². The zero-order chi connectivity index (χ0) is 12.0. The molecule has 0 fully saturated rings. The summed E-state index contributed by atoms with van der Waals surface area (Å²) in [7, 11) is 1.91. The number of aryl methyl sites for hydroxylation is 2. The van der Waals surface area contributed by atoms with E-state index in [1.165, 1.54) is 6.07 Å². The fourth-order valence-corrected chi connectivity index (χ4v) is 2.38. The maximum absolute atomic E-state index is 13.3. The van der Waals surface area contributed by atoms with Crippen molar-refractivity contribution in [2.45, 2.75) is 6.92 Å². The van der Waals surface area contributed by atoms with E-state index >= 15 is 0 Å². The zero-order valence-corrected chi connectivity index (χ0v) is 9.83. The normalized spacial score (nSPS) is 15.1. The molecule has 1 aliphatic heterocycles. The maximum atomic E-state index is 13.3. The fourth-order valence-electron chi connectivity index (χ4n) is 2.38. The van der Waals surface area contributed by atoms with Gasteiger partial charge in [0.15, 0.2) is 0 Å².